The van der Waals surface area contributed by atoms with Crippen LogP contribution in [0.25, 0.3) is 11.1 Å². The fourth-order valence-electron chi connectivity index (χ4n) is 3.46. The summed E-state index contributed by atoms with van der Waals surface area (Å²) in [5.74, 6) is -0.120. The molecule has 1 aliphatic carbocycles. The maximum absolute atomic E-state index is 11.2. The third kappa shape index (κ3) is 2.91. The first-order valence-electron chi connectivity index (χ1n) is 7.25. The van der Waals surface area contributed by atoms with Crippen molar-refractivity contribution in [2.75, 3.05) is 0 Å². The average molecular weight is 308 g/mol. The number of benzene rings is 1. The van der Waals surface area contributed by atoms with Gasteiger partial charge in [-0.3, -0.25) is 4.79 Å². The van der Waals surface area contributed by atoms with Crippen molar-refractivity contribution in [3.05, 3.63) is 28.6 Å². The summed E-state index contributed by atoms with van der Waals surface area (Å²) in [5, 5.41) is 9.81. The number of fused-ring (bicyclic) bond motifs is 1. The standard InChI is InChI=1S/C16H18ClNO3/c1-10-6-11(17)7-12-15(10)21-13(18-12)8-16(9-14(19)20)4-2-3-5-16/h6-7H,2-5,8-9H2,1H3,(H,19,20). The van der Waals surface area contributed by atoms with Gasteiger partial charge in [0.05, 0.1) is 6.42 Å². The van der Waals surface area contributed by atoms with E-state index in [-0.39, 0.29) is 11.8 Å². The van der Waals surface area contributed by atoms with Gasteiger partial charge in [0, 0.05) is 11.4 Å². The van der Waals surface area contributed by atoms with Crippen LogP contribution in [0.1, 0.15) is 43.6 Å². The van der Waals surface area contributed by atoms with E-state index in [2.05, 4.69) is 4.98 Å². The zero-order chi connectivity index (χ0) is 15.0. The summed E-state index contributed by atoms with van der Waals surface area (Å²) in [6, 6.07) is 3.64. The van der Waals surface area contributed by atoms with Crippen molar-refractivity contribution in [2.45, 2.75) is 45.4 Å². The minimum absolute atomic E-state index is 0.186. The lowest BCUT2D eigenvalue weighted by molar-refractivity contribution is -0.139. The summed E-state index contributed by atoms with van der Waals surface area (Å²) >= 11 is 6.04. The van der Waals surface area contributed by atoms with Crippen LogP contribution in [0.15, 0.2) is 16.5 Å². The molecule has 0 unspecified atom stereocenters. The summed E-state index contributed by atoms with van der Waals surface area (Å²) in [4.78, 5) is 15.7. The molecule has 3 rings (SSSR count). The van der Waals surface area contributed by atoms with Crippen LogP contribution in [0, 0.1) is 12.3 Å². The molecule has 4 nitrogen and oxygen atoms in total. The number of carbonyl (C=O) groups is 1. The van der Waals surface area contributed by atoms with Crippen molar-refractivity contribution in [3.63, 3.8) is 0 Å². The lowest BCUT2D eigenvalue weighted by atomic mass is 9.79. The SMILES string of the molecule is Cc1cc(Cl)cc2nc(CC3(CC(=O)O)CCCC3)oc12. The van der Waals surface area contributed by atoms with Crippen LogP contribution >= 0.6 is 11.6 Å². The summed E-state index contributed by atoms with van der Waals surface area (Å²) in [5.41, 5.74) is 2.25. The molecule has 1 saturated carbocycles. The van der Waals surface area contributed by atoms with Crippen molar-refractivity contribution in [2.24, 2.45) is 5.41 Å². The van der Waals surface area contributed by atoms with E-state index >= 15 is 0 Å². The van der Waals surface area contributed by atoms with Crippen molar-refractivity contribution in [3.8, 4) is 0 Å². The van der Waals surface area contributed by atoms with E-state index in [1.807, 2.05) is 13.0 Å². The second kappa shape index (κ2) is 5.34. The Labute approximate surface area is 128 Å². The number of carboxylic acid groups (broad SMARTS) is 1. The van der Waals surface area contributed by atoms with Crippen LogP contribution in [-0.4, -0.2) is 16.1 Å². The van der Waals surface area contributed by atoms with E-state index in [9.17, 15) is 4.79 Å². The first kappa shape index (κ1) is 14.4. The van der Waals surface area contributed by atoms with Gasteiger partial charge < -0.3 is 9.52 Å². The third-order valence-corrected chi connectivity index (χ3v) is 4.62. The molecule has 1 aromatic carbocycles. The number of nitrogens with zero attached hydrogens (tertiary/aromatic N) is 1. The maximum Gasteiger partial charge on any atom is 0.303 e. The zero-order valence-corrected chi connectivity index (χ0v) is 12.7. The number of halogens is 1. The predicted molar refractivity (Wildman–Crippen MR) is 80.6 cm³/mol. The van der Waals surface area contributed by atoms with Crippen LogP contribution in [0.3, 0.4) is 0 Å². The Kier molecular flexibility index (Phi) is 3.66. The Balaban J connectivity index is 1.93. The van der Waals surface area contributed by atoms with E-state index in [1.54, 1.807) is 6.07 Å². The number of carboxylic acids is 1. The lowest BCUT2D eigenvalue weighted by Gasteiger charge is -2.25. The Morgan fingerprint density at radius 3 is 2.81 bits per heavy atom. The minimum Gasteiger partial charge on any atom is -0.481 e. The quantitative estimate of drug-likeness (QED) is 0.911. The van der Waals surface area contributed by atoms with Gasteiger partial charge in [0.25, 0.3) is 0 Å². The number of hydrogen-bond acceptors (Lipinski definition) is 3. The number of aromatic nitrogens is 1. The molecule has 0 atom stereocenters. The van der Waals surface area contributed by atoms with E-state index in [0.29, 0.717) is 17.3 Å². The van der Waals surface area contributed by atoms with Crippen molar-refractivity contribution in [1.29, 1.82) is 0 Å². The average Bonchev–Trinajstić information content (AvgIpc) is 2.95. The topological polar surface area (TPSA) is 63.3 Å². The first-order chi connectivity index (χ1) is 9.97. The molecule has 2 aromatic rings. The van der Waals surface area contributed by atoms with Gasteiger partial charge >= 0.3 is 5.97 Å². The second-order valence-corrected chi connectivity index (χ2v) is 6.57. The molecule has 0 amide bonds. The number of hydrogen-bond donors (Lipinski definition) is 1. The number of oxazole rings is 1. The molecule has 5 heteroatoms. The number of aryl methyl sites for hydroxylation is 1. The van der Waals surface area contributed by atoms with Crippen LogP contribution in [-0.2, 0) is 11.2 Å². The van der Waals surface area contributed by atoms with Gasteiger partial charge in [-0.15, -0.1) is 0 Å². The van der Waals surface area contributed by atoms with Gasteiger partial charge in [0.15, 0.2) is 11.5 Å². The van der Waals surface area contributed by atoms with Crippen LogP contribution < -0.4 is 0 Å². The van der Waals surface area contributed by atoms with Gasteiger partial charge in [-0.25, -0.2) is 4.98 Å². The van der Waals surface area contributed by atoms with E-state index in [0.717, 1.165) is 42.3 Å². The fourth-order valence-corrected chi connectivity index (χ4v) is 3.73. The zero-order valence-electron chi connectivity index (χ0n) is 12.0. The molecule has 0 saturated heterocycles. The highest BCUT2D eigenvalue weighted by atomic mass is 35.5. The molecular weight excluding hydrogens is 290 g/mol. The molecule has 1 aromatic heterocycles. The number of aliphatic carboxylic acids is 1. The van der Waals surface area contributed by atoms with Crippen LogP contribution in [0.4, 0.5) is 0 Å². The fraction of sp³-hybridized carbons (Fsp3) is 0.500. The monoisotopic (exact) mass is 307 g/mol. The van der Waals surface area contributed by atoms with Gasteiger partial charge in [-0.05, 0) is 42.9 Å². The molecule has 1 aliphatic rings. The second-order valence-electron chi connectivity index (χ2n) is 6.13. The Hall–Kier alpha value is -1.55. The molecule has 0 spiro atoms. The summed E-state index contributed by atoms with van der Waals surface area (Å²) < 4.78 is 5.86. The largest absolute Gasteiger partial charge is 0.481 e. The highest BCUT2D eigenvalue weighted by Crippen LogP contribution is 2.44. The maximum atomic E-state index is 11.2. The molecule has 0 radical (unpaired) electrons. The normalized spacial score (nSPS) is 17.4. The molecular formula is C16H18ClNO3. The molecule has 1 heterocycles. The van der Waals surface area contributed by atoms with Gasteiger partial charge in [0.2, 0.25) is 0 Å². The van der Waals surface area contributed by atoms with Gasteiger partial charge in [-0.2, -0.15) is 0 Å². The Bertz CT molecular complexity index is 686. The Morgan fingerprint density at radius 1 is 1.43 bits per heavy atom. The van der Waals surface area contributed by atoms with E-state index in [4.69, 9.17) is 21.1 Å². The first-order valence-corrected chi connectivity index (χ1v) is 7.63. The molecule has 0 aliphatic heterocycles. The molecule has 1 N–H and O–H groups in total. The minimum atomic E-state index is -0.743. The van der Waals surface area contributed by atoms with Crippen molar-refractivity contribution >= 4 is 28.7 Å². The predicted octanol–water partition coefficient (Wildman–Crippen LogP) is 4.37. The van der Waals surface area contributed by atoms with Crippen LogP contribution in [0.2, 0.25) is 5.02 Å². The Morgan fingerprint density at radius 2 is 2.14 bits per heavy atom. The van der Waals surface area contributed by atoms with Gasteiger partial charge in [-0.1, -0.05) is 24.4 Å². The van der Waals surface area contributed by atoms with E-state index < -0.39 is 5.97 Å². The summed E-state index contributed by atoms with van der Waals surface area (Å²) in [7, 11) is 0. The summed E-state index contributed by atoms with van der Waals surface area (Å²) in [6.07, 6.45) is 4.79. The third-order valence-electron chi connectivity index (χ3n) is 4.40. The molecule has 21 heavy (non-hydrogen) atoms. The summed E-state index contributed by atoms with van der Waals surface area (Å²) in [6.45, 7) is 1.94. The molecule has 0 bridgehead atoms. The van der Waals surface area contributed by atoms with Crippen molar-refractivity contribution < 1.29 is 14.3 Å². The highest BCUT2D eigenvalue weighted by Gasteiger charge is 2.37. The van der Waals surface area contributed by atoms with Gasteiger partial charge in [0.1, 0.15) is 5.52 Å². The van der Waals surface area contributed by atoms with Crippen molar-refractivity contribution in [1.82, 2.24) is 4.98 Å². The van der Waals surface area contributed by atoms with Crippen LogP contribution in [0.5, 0.6) is 0 Å². The molecule has 1 fully saturated rings. The highest BCUT2D eigenvalue weighted by molar-refractivity contribution is 6.31. The molecule has 112 valence electrons. The smallest absolute Gasteiger partial charge is 0.303 e. The van der Waals surface area contributed by atoms with E-state index in [1.165, 1.54) is 0 Å². The lowest BCUT2D eigenvalue weighted by Crippen LogP contribution is -2.23. The number of rotatable bonds is 4.